The van der Waals surface area contributed by atoms with E-state index in [4.69, 9.17) is 16.3 Å². The predicted molar refractivity (Wildman–Crippen MR) is 84.2 cm³/mol. The molecule has 0 unspecified atom stereocenters. The Morgan fingerprint density at radius 2 is 2.10 bits per heavy atom. The molecule has 106 valence electrons. The zero-order valence-corrected chi connectivity index (χ0v) is 13.5. The maximum absolute atomic E-state index is 13.4. The van der Waals surface area contributed by atoms with E-state index >= 15 is 0 Å². The summed E-state index contributed by atoms with van der Waals surface area (Å²) in [7, 11) is 1.61. The van der Waals surface area contributed by atoms with Crippen LogP contribution in [-0.2, 0) is 6.54 Å². The number of ether oxygens (including phenoxy) is 1. The zero-order chi connectivity index (χ0) is 14.7. The summed E-state index contributed by atoms with van der Waals surface area (Å²) < 4.78 is 19.1. The molecule has 0 amide bonds. The van der Waals surface area contributed by atoms with Gasteiger partial charge in [-0.15, -0.1) is 0 Å². The van der Waals surface area contributed by atoms with Crippen LogP contribution in [0.1, 0.15) is 11.1 Å². The summed E-state index contributed by atoms with van der Waals surface area (Å²) in [6, 6.07) is 8.71. The number of nitrogens with one attached hydrogen (secondary N) is 1. The summed E-state index contributed by atoms with van der Waals surface area (Å²) in [5.74, 6) is 0.451. The van der Waals surface area contributed by atoms with Gasteiger partial charge < -0.3 is 10.1 Å². The summed E-state index contributed by atoms with van der Waals surface area (Å²) in [4.78, 5) is 0. The van der Waals surface area contributed by atoms with E-state index in [2.05, 4.69) is 21.2 Å². The Labute approximate surface area is 131 Å². The Balaban J connectivity index is 2.23. The second-order valence-corrected chi connectivity index (χ2v) is 5.62. The molecule has 0 aliphatic carbocycles. The Bertz CT molecular complexity index is 634. The zero-order valence-electron chi connectivity index (χ0n) is 11.1. The van der Waals surface area contributed by atoms with Gasteiger partial charge in [0.1, 0.15) is 11.6 Å². The fraction of sp³-hybridized carbons (Fsp3) is 0.200. The van der Waals surface area contributed by atoms with E-state index in [1.807, 2.05) is 25.1 Å². The first-order valence-electron chi connectivity index (χ1n) is 6.04. The molecular weight excluding hydrogens is 345 g/mol. The van der Waals surface area contributed by atoms with Crippen molar-refractivity contribution in [1.29, 1.82) is 0 Å². The molecule has 0 aliphatic rings. The van der Waals surface area contributed by atoms with Crippen molar-refractivity contribution in [2.75, 3.05) is 12.4 Å². The normalized spacial score (nSPS) is 10.4. The predicted octanol–water partition coefficient (Wildman–Crippen LogP) is 5.17. The lowest BCUT2D eigenvalue weighted by Crippen LogP contribution is -2.04. The van der Waals surface area contributed by atoms with Crippen molar-refractivity contribution in [3.8, 4) is 5.75 Å². The Kier molecular flexibility index (Phi) is 4.89. The van der Waals surface area contributed by atoms with Gasteiger partial charge in [0.25, 0.3) is 0 Å². The van der Waals surface area contributed by atoms with Crippen LogP contribution in [0.15, 0.2) is 34.8 Å². The molecule has 1 N–H and O–H groups in total. The highest BCUT2D eigenvalue weighted by atomic mass is 79.9. The van der Waals surface area contributed by atoms with Crippen molar-refractivity contribution in [1.82, 2.24) is 0 Å². The summed E-state index contributed by atoms with van der Waals surface area (Å²) in [6.07, 6.45) is 0. The highest BCUT2D eigenvalue weighted by Crippen LogP contribution is 2.29. The van der Waals surface area contributed by atoms with E-state index in [9.17, 15) is 4.39 Å². The molecule has 0 bridgehead atoms. The number of rotatable bonds is 4. The fourth-order valence-electron chi connectivity index (χ4n) is 1.92. The monoisotopic (exact) mass is 357 g/mol. The van der Waals surface area contributed by atoms with Gasteiger partial charge in [-0.3, -0.25) is 0 Å². The van der Waals surface area contributed by atoms with Crippen molar-refractivity contribution in [3.05, 3.63) is 56.8 Å². The lowest BCUT2D eigenvalue weighted by atomic mass is 10.1. The third-order valence-corrected chi connectivity index (χ3v) is 3.98. The van der Waals surface area contributed by atoms with E-state index in [0.717, 1.165) is 22.6 Å². The minimum absolute atomic E-state index is 0.275. The number of methoxy groups -OCH3 is 1. The van der Waals surface area contributed by atoms with Crippen molar-refractivity contribution < 1.29 is 9.13 Å². The molecule has 0 saturated carbocycles. The first kappa shape index (κ1) is 15.1. The average molecular weight is 359 g/mol. The van der Waals surface area contributed by atoms with Gasteiger partial charge >= 0.3 is 0 Å². The van der Waals surface area contributed by atoms with E-state index in [-0.39, 0.29) is 5.82 Å². The molecule has 2 aromatic carbocycles. The van der Waals surface area contributed by atoms with E-state index in [0.29, 0.717) is 16.0 Å². The quantitative estimate of drug-likeness (QED) is 0.814. The third-order valence-electron chi connectivity index (χ3n) is 3.02. The van der Waals surface area contributed by atoms with Gasteiger partial charge in [-0.1, -0.05) is 17.7 Å². The molecule has 2 rings (SSSR count). The molecule has 2 aromatic rings. The number of anilines is 1. The Morgan fingerprint density at radius 1 is 1.35 bits per heavy atom. The van der Waals surface area contributed by atoms with Crippen LogP contribution in [0.2, 0.25) is 5.02 Å². The van der Waals surface area contributed by atoms with Crippen LogP contribution in [0, 0.1) is 12.7 Å². The topological polar surface area (TPSA) is 21.3 Å². The Morgan fingerprint density at radius 3 is 2.80 bits per heavy atom. The first-order chi connectivity index (χ1) is 9.52. The molecule has 2 nitrogen and oxygen atoms in total. The average Bonchev–Trinajstić information content (AvgIpc) is 2.42. The molecule has 20 heavy (non-hydrogen) atoms. The van der Waals surface area contributed by atoms with Gasteiger partial charge in [-0.25, -0.2) is 4.39 Å². The van der Waals surface area contributed by atoms with Crippen molar-refractivity contribution in [3.63, 3.8) is 0 Å². The Hall–Kier alpha value is -1.26. The van der Waals surface area contributed by atoms with Crippen molar-refractivity contribution in [2.24, 2.45) is 0 Å². The van der Waals surface area contributed by atoms with Crippen LogP contribution in [0.4, 0.5) is 10.1 Å². The van der Waals surface area contributed by atoms with Crippen LogP contribution in [0.3, 0.4) is 0 Å². The van der Waals surface area contributed by atoms with Gasteiger partial charge in [0.15, 0.2) is 0 Å². The van der Waals surface area contributed by atoms with Gasteiger partial charge in [0.2, 0.25) is 0 Å². The van der Waals surface area contributed by atoms with Crippen LogP contribution in [0.5, 0.6) is 5.75 Å². The smallest absolute Gasteiger partial charge is 0.137 e. The second-order valence-electron chi connectivity index (χ2n) is 4.36. The molecule has 0 fully saturated rings. The van der Waals surface area contributed by atoms with Gasteiger partial charge in [-0.2, -0.15) is 0 Å². The third kappa shape index (κ3) is 3.25. The van der Waals surface area contributed by atoms with Gasteiger partial charge in [0.05, 0.1) is 11.6 Å². The van der Waals surface area contributed by atoms with E-state index < -0.39 is 0 Å². The largest absolute Gasteiger partial charge is 0.496 e. The van der Waals surface area contributed by atoms with Crippen LogP contribution < -0.4 is 10.1 Å². The second kappa shape index (κ2) is 6.46. The molecule has 0 atom stereocenters. The van der Waals surface area contributed by atoms with E-state index in [1.54, 1.807) is 13.2 Å². The molecule has 5 heteroatoms. The number of halogens is 3. The summed E-state index contributed by atoms with van der Waals surface area (Å²) in [5.41, 5.74) is 2.55. The fourth-order valence-corrected chi connectivity index (χ4v) is 2.50. The number of hydrogen-bond donors (Lipinski definition) is 1. The summed E-state index contributed by atoms with van der Waals surface area (Å²) in [5, 5.41) is 3.89. The number of aryl methyl sites for hydroxylation is 1. The maximum atomic E-state index is 13.4. The van der Waals surface area contributed by atoms with Crippen molar-refractivity contribution in [2.45, 2.75) is 13.5 Å². The molecule has 0 heterocycles. The van der Waals surface area contributed by atoms with Crippen LogP contribution in [0.25, 0.3) is 0 Å². The first-order valence-corrected chi connectivity index (χ1v) is 7.21. The summed E-state index contributed by atoms with van der Waals surface area (Å²) in [6.45, 7) is 2.35. The molecule has 0 spiro atoms. The highest BCUT2D eigenvalue weighted by molar-refractivity contribution is 9.10. The van der Waals surface area contributed by atoms with Gasteiger partial charge in [-0.05, 0) is 52.7 Å². The maximum Gasteiger partial charge on any atom is 0.137 e. The molecule has 0 saturated heterocycles. The minimum Gasteiger partial charge on any atom is -0.496 e. The molecule has 0 radical (unpaired) electrons. The minimum atomic E-state index is -0.275. The van der Waals surface area contributed by atoms with Gasteiger partial charge in [0, 0.05) is 22.8 Å². The molecule has 0 aromatic heterocycles. The summed E-state index contributed by atoms with van der Waals surface area (Å²) >= 11 is 9.36. The number of hydrogen-bond acceptors (Lipinski definition) is 2. The number of benzene rings is 2. The molecular formula is C15H14BrClFNO. The molecule has 0 aliphatic heterocycles. The lowest BCUT2D eigenvalue weighted by molar-refractivity contribution is 0.410. The lowest BCUT2D eigenvalue weighted by Gasteiger charge is -2.14. The van der Waals surface area contributed by atoms with Crippen molar-refractivity contribution >= 4 is 33.2 Å². The van der Waals surface area contributed by atoms with Crippen LogP contribution >= 0.6 is 27.5 Å². The standard InChI is InChI=1S/C15H14BrClFNO/c1-9-6-13(18)11(16)7-14(9)19-8-10-12(17)4-3-5-15(10)20-2/h3-7,19H,8H2,1-2H3. The SMILES string of the molecule is COc1cccc(Cl)c1CNc1cc(Br)c(F)cc1C. The van der Waals surface area contributed by atoms with Crippen LogP contribution in [-0.4, -0.2) is 7.11 Å². The highest BCUT2D eigenvalue weighted by Gasteiger charge is 2.09. The van der Waals surface area contributed by atoms with E-state index in [1.165, 1.54) is 6.07 Å².